The molecule has 0 bridgehead atoms. The number of fused-ring (bicyclic) bond motifs is 1. The molecule has 1 amide bonds. The molecule has 0 saturated carbocycles. The third kappa shape index (κ3) is 3.40. The van der Waals surface area contributed by atoms with E-state index >= 15 is 0 Å². The van der Waals surface area contributed by atoms with Crippen LogP contribution >= 0.6 is 23.1 Å². The van der Waals surface area contributed by atoms with Gasteiger partial charge in [-0.3, -0.25) is 4.79 Å². The highest BCUT2D eigenvalue weighted by Gasteiger charge is 2.11. The van der Waals surface area contributed by atoms with Gasteiger partial charge in [0.2, 0.25) is 5.91 Å². The average molecular weight is 333 g/mol. The lowest BCUT2D eigenvalue weighted by atomic mass is 10.1. The van der Waals surface area contributed by atoms with Crippen molar-refractivity contribution in [3.8, 4) is 0 Å². The Morgan fingerprint density at radius 2 is 2.14 bits per heavy atom. The van der Waals surface area contributed by atoms with Crippen molar-refractivity contribution in [2.45, 2.75) is 19.4 Å². The minimum Gasteiger partial charge on any atom is -0.375 e. The maximum atomic E-state index is 12.2. The number of hydrogen-bond acceptors (Lipinski definition) is 7. The number of benzene rings is 1. The van der Waals surface area contributed by atoms with Crippen LogP contribution < -0.4 is 5.73 Å². The predicted octanol–water partition coefficient (Wildman–Crippen LogP) is 2.32. The van der Waals surface area contributed by atoms with Gasteiger partial charge in [0.25, 0.3) is 0 Å². The largest absolute Gasteiger partial charge is 0.375 e. The van der Waals surface area contributed by atoms with Crippen LogP contribution in [0.4, 0.5) is 5.13 Å². The molecule has 3 rings (SSSR count). The molecular weight excluding hydrogens is 318 g/mol. The molecule has 0 aliphatic rings. The summed E-state index contributed by atoms with van der Waals surface area (Å²) in [6.45, 7) is 0.561. The van der Waals surface area contributed by atoms with Crippen LogP contribution in [0.3, 0.4) is 0 Å². The van der Waals surface area contributed by atoms with E-state index in [0.29, 0.717) is 24.5 Å². The van der Waals surface area contributed by atoms with Gasteiger partial charge in [-0.05, 0) is 24.1 Å². The second kappa shape index (κ2) is 6.37. The number of rotatable bonds is 5. The third-order valence-electron chi connectivity index (χ3n) is 3.33. The van der Waals surface area contributed by atoms with E-state index in [1.165, 1.54) is 23.1 Å². The van der Waals surface area contributed by atoms with E-state index in [1.807, 2.05) is 23.6 Å². The second-order valence-electron chi connectivity index (χ2n) is 5.01. The van der Waals surface area contributed by atoms with E-state index in [-0.39, 0.29) is 5.91 Å². The normalized spacial score (nSPS) is 11.0. The number of nitrogens with zero attached hydrogens (tertiary/aromatic N) is 4. The van der Waals surface area contributed by atoms with Gasteiger partial charge >= 0.3 is 0 Å². The molecule has 0 aliphatic heterocycles. The lowest BCUT2D eigenvalue weighted by molar-refractivity contribution is -0.130. The van der Waals surface area contributed by atoms with Gasteiger partial charge < -0.3 is 10.6 Å². The van der Waals surface area contributed by atoms with E-state index < -0.39 is 0 Å². The van der Waals surface area contributed by atoms with E-state index in [1.54, 1.807) is 11.9 Å². The Morgan fingerprint density at radius 1 is 1.32 bits per heavy atom. The van der Waals surface area contributed by atoms with Crippen LogP contribution in [-0.4, -0.2) is 31.6 Å². The molecule has 3 aromatic rings. The second-order valence-corrected chi connectivity index (χ2v) is 6.43. The molecule has 0 fully saturated rings. The summed E-state index contributed by atoms with van der Waals surface area (Å²) in [5.41, 5.74) is 9.28. The molecule has 0 radical (unpaired) electrons. The van der Waals surface area contributed by atoms with E-state index in [9.17, 15) is 4.79 Å². The molecular formula is C14H15N5OS2. The molecule has 6 nitrogen and oxygen atoms in total. The number of amides is 1. The molecule has 2 aromatic heterocycles. The minimum absolute atomic E-state index is 0.0862. The highest BCUT2D eigenvalue weighted by molar-refractivity contribution is 7.13. The molecule has 22 heavy (non-hydrogen) atoms. The van der Waals surface area contributed by atoms with Gasteiger partial charge in [-0.25, -0.2) is 4.98 Å². The molecule has 0 spiro atoms. The Balaban J connectivity index is 1.58. The first-order valence-corrected chi connectivity index (χ1v) is 8.38. The zero-order valence-corrected chi connectivity index (χ0v) is 13.7. The fourth-order valence-corrected chi connectivity index (χ4v) is 3.27. The maximum Gasteiger partial charge on any atom is 0.223 e. The maximum absolute atomic E-state index is 12.2. The monoisotopic (exact) mass is 333 g/mol. The molecule has 0 saturated heterocycles. The molecule has 2 N–H and O–H groups in total. The average Bonchev–Trinajstić information content (AvgIpc) is 3.12. The summed E-state index contributed by atoms with van der Waals surface area (Å²) in [7, 11) is 1.81. The first-order chi connectivity index (χ1) is 10.6. The molecule has 0 unspecified atom stereocenters. The smallest absolute Gasteiger partial charge is 0.223 e. The third-order valence-corrected chi connectivity index (χ3v) is 4.61. The molecule has 8 heteroatoms. The summed E-state index contributed by atoms with van der Waals surface area (Å²) < 4.78 is 8.39. The van der Waals surface area contributed by atoms with Gasteiger partial charge in [0.15, 0.2) is 5.13 Å². The predicted molar refractivity (Wildman–Crippen MR) is 88.7 cm³/mol. The summed E-state index contributed by atoms with van der Waals surface area (Å²) >= 11 is 2.60. The Labute approximate surface area is 135 Å². The topological polar surface area (TPSA) is 85.0 Å². The highest BCUT2D eigenvalue weighted by atomic mass is 32.1. The van der Waals surface area contributed by atoms with Crippen molar-refractivity contribution in [2.24, 2.45) is 0 Å². The summed E-state index contributed by atoms with van der Waals surface area (Å²) in [5, 5.41) is 2.44. The first-order valence-electron chi connectivity index (χ1n) is 6.77. The van der Waals surface area contributed by atoms with Crippen LogP contribution in [0.2, 0.25) is 0 Å². The van der Waals surface area contributed by atoms with Gasteiger partial charge in [-0.1, -0.05) is 6.07 Å². The first kappa shape index (κ1) is 14.9. The van der Waals surface area contributed by atoms with Crippen LogP contribution in [0.15, 0.2) is 23.6 Å². The number of hydrogen-bond donors (Lipinski definition) is 1. The van der Waals surface area contributed by atoms with Gasteiger partial charge in [-0.15, -0.1) is 11.3 Å². The van der Waals surface area contributed by atoms with Crippen molar-refractivity contribution in [3.63, 3.8) is 0 Å². The Kier molecular flexibility index (Phi) is 4.30. The zero-order chi connectivity index (χ0) is 15.5. The van der Waals surface area contributed by atoms with Crippen molar-refractivity contribution in [3.05, 3.63) is 34.8 Å². The van der Waals surface area contributed by atoms with Gasteiger partial charge in [0.1, 0.15) is 11.0 Å². The van der Waals surface area contributed by atoms with E-state index in [2.05, 4.69) is 13.7 Å². The fraction of sp³-hybridized carbons (Fsp3) is 0.286. The summed E-state index contributed by atoms with van der Waals surface area (Å²) in [6, 6.07) is 5.89. The van der Waals surface area contributed by atoms with Crippen LogP contribution in [0.1, 0.15) is 17.7 Å². The Hall–Kier alpha value is -2.06. The lowest BCUT2D eigenvalue weighted by Gasteiger charge is -2.17. The standard InChI is InChI=1S/C14H15N5OS2/c1-19(13(20)5-3-10-8-21-14(15)16-10)7-9-2-4-11-12(6-9)18-22-17-11/h2,4,6,8H,3,5,7H2,1H3,(H2,15,16). The molecule has 114 valence electrons. The lowest BCUT2D eigenvalue weighted by Crippen LogP contribution is -2.26. The SMILES string of the molecule is CN(Cc1ccc2nsnc2c1)C(=O)CCc1csc(N)n1. The van der Waals surface area contributed by atoms with Gasteiger partial charge in [0.05, 0.1) is 17.4 Å². The van der Waals surface area contributed by atoms with Crippen molar-refractivity contribution in [1.82, 2.24) is 18.6 Å². The number of carbonyl (C=O) groups excluding carboxylic acids is 1. The minimum atomic E-state index is 0.0862. The number of anilines is 1. The Bertz CT molecular complexity index is 797. The summed E-state index contributed by atoms with van der Waals surface area (Å²) in [6.07, 6.45) is 1.05. The molecule has 0 atom stereocenters. The van der Waals surface area contributed by atoms with E-state index in [4.69, 9.17) is 5.73 Å². The molecule has 2 heterocycles. The van der Waals surface area contributed by atoms with Gasteiger partial charge in [-0.2, -0.15) is 8.75 Å². The van der Waals surface area contributed by atoms with Gasteiger partial charge in [0, 0.05) is 25.4 Å². The number of thiazole rings is 1. The van der Waals surface area contributed by atoms with Crippen molar-refractivity contribution >= 4 is 45.1 Å². The molecule has 1 aromatic carbocycles. The fourth-order valence-electron chi connectivity index (χ4n) is 2.15. The highest BCUT2D eigenvalue weighted by Crippen LogP contribution is 2.16. The quantitative estimate of drug-likeness (QED) is 0.774. The summed E-state index contributed by atoms with van der Waals surface area (Å²) in [5.74, 6) is 0.0862. The van der Waals surface area contributed by atoms with E-state index in [0.717, 1.165) is 22.3 Å². The van der Waals surface area contributed by atoms with Crippen LogP contribution in [0.25, 0.3) is 11.0 Å². The number of aryl methyl sites for hydroxylation is 1. The number of carbonyl (C=O) groups is 1. The van der Waals surface area contributed by atoms with Crippen molar-refractivity contribution in [1.29, 1.82) is 0 Å². The zero-order valence-electron chi connectivity index (χ0n) is 12.0. The Morgan fingerprint density at radius 3 is 2.91 bits per heavy atom. The molecule has 0 aliphatic carbocycles. The number of nitrogens with two attached hydrogens (primary N) is 1. The van der Waals surface area contributed by atoms with Crippen LogP contribution in [0, 0.1) is 0 Å². The summed E-state index contributed by atoms with van der Waals surface area (Å²) in [4.78, 5) is 18.1. The number of aromatic nitrogens is 3. The number of nitrogen functional groups attached to an aromatic ring is 1. The van der Waals surface area contributed by atoms with Crippen molar-refractivity contribution in [2.75, 3.05) is 12.8 Å². The van der Waals surface area contributed by atoms with Crippen LogP contribution in [0.5, 0.6) is 0 Å². The van der Waals surface area contributed by atoms with Crippen LogP contribution in [-0.2, 0) is 17.8 Å². The van der Waals surface area contributed by atoms with Crippen molar-refractivity contribution < 1.29 is 4.79 Å².